The fourth-order valence-electron chi connectivity index (χ4n) is 5.02. The second-order valence-electron chi connectivity index (χ2n) is 9.76. The van der Waals surface area contributed by atoms with E-state index in [-0.39, 0.29) is 17.6 Å². The summed E-state index contributed by atoms with van der Waals surface area (Å²) in [4.78, 5) is 28.8. The summed E-state index contributed by atoms with van der Waals surface area (Å²) in [7, 11) is 3.27. The van der Waals surface area contributed by atoms with E-state index in [2.05, 4.69) is 17.4 Å². The first-order valence-corrected chi connectivity index (χ1v) is 14.7. The quantitative estimate of drug-likeness (QED) is 0.137. The molecule has 8 heteroatoms. The smallest absolute Gasteiger partial charge is 0.343 e. The predicted molar refractivity (Wildman–Crippen MR) is 168 cm³/mol. The van der Waals surface area contributed by atoms with Crippen LogP contribution in [0, 0.1) is 0 Å². The highest BCUT2D eigenvalue weighted by molar-refractivity contribution is 7.22. The lowest BCUT2D eigenvalue weighted by molar-refractivity contribution is 0.0524. The first-order chi connectivity index (χ1) is 20.5. The summed E-state index contributed by atoms with van der Waals surface area (Å²) in [6.45, 7) is 3.52. The molecular formula is C34H34N2O5S. The zero-order valence-corrected chi connectivity index (χ0v) is 24.8. The summed E-state index contributed by atoms with van der Waals surface area (Å²) in [5, 5.41) is 4.07. The van der Waals surface area contributed by atoms with E-state index in [0.717, 1.165) is 50.9 Å². The molecule has 0 saturated carbocycles. The monoisotopic (exact) mass is 582 g/mol. The maximum Gasteiger partial charge on any atom is 0.343 e. The summed E-state index contributed by atoms with van der Waals surface area (Å²) in [6, 6.07) is 25.9. The number of pyridine rings is 1. The van der Waals surface area contributed by atoms with Gasteiger partial charge in [0.05, 0.1) is 32.8 Å². The van der Waals surface area contributed by atoms with Gasteiger partial charge in [0.15, 0.2) is 0 Å². The molecule has 0 amide bonds. The number of thiophene rings is 1. The van der Waals surface area contributed by atoms with Crippen LogP contribution in [0.4, 0.5) is 0 Å². The van der Waals surface area contributed by atoms with Crippen molar-refractivity contribution in [2.45, 2.75) is 26.4 Å². The Hall–Kier alpha value is -4.40. The fourth-order valence-corrected chi connectivity index (χ4v) is 6.32. The number of nitrogens with one attached hydrogen (secondary N) is 1. The Bertz CT molecular complexity index is 1730. The average Bonchev–Trinajstić information content (AvgIpc) is 3.41. The molecule has 0 saturated heterocycles. The molecule has 7 nitrogen and oxygen atoms in total. The van der Waals surface area contributed by atoms with Crippen LogP contribution in [0.5, 0.6) is 11.5 Å². The molecule has 0 aliphatic rings. The minimum atomic E-state index is -0.627. The zero-order valence-electron chi connectivity index (χ0n) is 24.0. The van der Waals surface area contributed by atoms with Crippen molar-refractivity contribution in [3.05, 3.63) is 118 Å². The molecule has 0 aliphatic carbocycles. The van der Waals surface area contributed by atoms with Crippen LogP contribution in [-0.2, 0) is 24.2 Å². The van der Waals surface area contributed by atoms with Gasteiger partial charge in [0.2, 0.25) is 5.43 Å². The normalized spacial score (nSPS) is 11.0. The van der Waals surface area contributed by atoms with Crippen LogP contribution < -0.4 is 20.2 Å². The van der Waals surface area contributed by atoms with Gasteiger partial charge in [-0.2, -0.15) is 0 Å². The van der Waals surface area contributed by atoms with Crippen molar-refractivity contribution in [1.82, 2.24) is 9.88 Å². The summed E-state index contributed by atoms with van der Waals surface area (Å²) in [6.07, 6.45) is 2.48. The molecule has 2 heterocycles. The molecule has 5 aromatic rings. The molecule has 5 rings (SSSR count). The zero-order chi connectivity index (χ0) is 29.5. The minimum Gasteiger partial charge on any atom is -0.497 e. The first kappa shape index (κ1) is 29.1. The predicted octanol–water partition coefficient (Wildman–Crippen LogP) is 6.30. The number of hydrogen-bond acceptors (Lipinski definition) is 7. The average molecular weight is 583 g/mol. The van der Waals surface area contributed by atoms with Crippen molar-refractivity contribution >= 4 is 27.5 Å². The lowest BCUT2D eigenvalue weighted by atomic mass is 10.0. The van der Waals surface area contributed by atoms with E-state index in [4.69, 9.17) is 14.2 Å². The number of fused-ring (bicyclic) bond motifs is 1. The second kappa shape index (κ2) is 13.5. The molecule has 1 N–H and O–H groups in total. The Balaban J connectivity index is 1.65. The van der Waals surface area contributed by atoms with Crippen LogP contribution in [0.25, 0.3) is 20.7 Å². The van der Waals surface area contributed by atoms with Gasteiger partial charge in [0.25, 0.3) is 0 Å². The van der Waals surface area contributed by atoms with Crippen LogP contribution in [0.2, 0.25) is 0 Å². The number of carbonyl (C=O) groups excluding carboxylic acids is 1. The number of benzene rings is 3. The Morgan fingerprint density at radius 2 is 1.67 bits per heavy atom. The van der Waals surface area contributed by atoms with Crippen molar-refractivity contribution in [2.75, 3.05) is 27.4 Å². The molecule has 0 atom stereocenters. The second-order valence-corrected chi connectivity index (χ2v) is 10.8. The van der Waals surface area contributed by atoms with Crippen molar-refractivity contribution in [3.8, 4) is 21.9 Å². The van der Waals surface area contributed by atoms with E-state index in [1.807, 2.05) is 71.3 Å². The van der Waals surface area contributed by atoms with Crippen LogP contribution in [0.1, 0.15) is 34.0 Å². The van der Waals surface area contributed by atoms with Crippen molar-refractivity contribution in [3.63, 3.8) is 0 Å². The van der Waals surface area contributed by atoms with Gasteiger partial charge in [-0.05, 0) is 66.9 Å². The van der Waals surface area contributed by atoms with Gasteiger partial charge in [-0.15, -0.1) is 11.3 Å². The Kier molecular flexibility index (Phi) is 9.36. The van der Waals surface area contributed by atoms with E-state index in [1.165, 1.54) is 5.56 Å². The van der Waals surface area contributed by atoms with E-state index >= 15 is 0 Å². The van der Waals surface area contributed by atoms with Crippen molar-refractivity contribution in [1.29, 1.82) is 0 Å². The van der Waals surface area contributed by atoms with Crippen LogP contribution in [0.3, 0.4) is 0 Å². The standard InChI is InChI=1S/C34H34N2O5S/c1-4-41-34(38)28-22-36(21-25-12-8-9-13-29(25)40-3)33-30(31(28)37)27(20-35-19-18-23-10-6-5-7-11-23)32(42-33)24-14-16-26(39-2)17-15-24/h5-17,22,35H,4,18-21H2,1-3H3. The summed E-state index contributed by atoms with van der Waals surface area (Å²) in [5.74, 6) is 0.859. The highest BCUT2D eigenvalue weighted by atomic mass is 32.1. The van der Waals surface area contributed by atoms with Gasteiger partial charge in [-0.25, -0.2) is 4.79 Å². The molecule has 3 aromatic carbocycles. The molecule has 0 radical (unpaired) electrons. The molecular weight excluding hydrogens is 548 g/mol. The number of esters is 1. The first-order valence-electron chi connectivity index (χ1n) is 13.9. The van der Waals surface area contributed by atoms with Gasteiger partial charge in [0.1, 0.15) is 21.9 Å². The minimum absolute atomic E-state index is 0.0175. The third-order valence-electron chi connectivity index (χ3n) is 7.12. The van der Waals surface area contributed by atoms with Crippen LogP contribution in [0.15, 0.2) is 89.9 Å². The molecule has 0 spiro atoms. The highest BCUT2D eigenvalue weighted by Gasteiger charge is 2.24. The number of aromatic nitrogens is 1. The van der Waals surface area contributed by atoms with Crippen molar-refractivity contribution < 1.29 is 19.0 Å². The summed E-state index contributed by atoms with van der Waals surface area (Å²) in [5.41, 5.74) is 3.69. The largest absolute Gasteiger partial charge is 0.497 e. The summed E-state index contributed by atoms with van der Waals surface area (Å²) >= 11 is 1.54. The van der Waals surface area contributed by atoms with E-state index in [1.54, 1.807) is 38.7 Å². The maximum atomic E-state index is 14.0. The van der Waals surface area contributed by atoms with Gasteiger partial charge in [0, 0.05) is 23.2 Å². The maximum absolute atomic E-state index is 14.0. The molecule has 216 valence electrons. The molecule has 0 aliphatic heterocycles. The number of nitrogens with zero attached hydrogens (tertiary/aromatic N) is 1. The highest BCUT2D eigenvalue weighted by Crippen LogP contribution is 2.39. The Morgan fingerprint density at radius 3 is 2.38 bits per heavy atom. The Morgan fingerprint density at radius 1 is 0.929 bits per heavy atom. The Labute approximate surface area is 249 Å². The number of methoxy groups -OCH3 is 2. The van der Waals surface area contributed by atoms with Gasteiger partial charge in [-0.3, -0.25) is 4.79 Å². The number of rotatable bonds is 12. The number of hydrogen-bond donors (Lipinski definition) is 1. The lowest BCUT2D eigenvalue weighted by Crippen LogP contribution is -2.23. The fraction of sp³-hybridized carbons (Fsp3) is 0.235. The van der Waals surface area contributed by atoms with E-state index in [9.17, 15) is 9.59 Å². The molecule has 0 unspecified atom stereocenters. The van der Waals surface area contributed by atoms with E-state index in [0.29, 0.717) is 18.5 Å². The lowest BCUT2D eigenvalue weighted by Gasteiger charge is -2.14. The molecule has 2 aromatic heterocycles. The van der Waals surface area contributed by atoms with Crippen molar-refractivity contribution in [2.24, 2.45) is 0 Å². The topological polar surface area (TPSA) is 78.8 Å². The number of para-hydroxylation sites is 1. The number of carbonyl (C=O) groups is 1. The van der Waals surface area contributed by atoms with Crippen LogP contribution >= 0.6 is 11.3 Å². The van der Waals surface area contributed by atoms with Crippen LogP contribution in [-0.4, -0.2) is 37.9 Å². The SMILES string of the molecule is CCOC(=O)c1cn(Cc2ccccc2OC)c2sc(-c3ccc(OC)cc3)c(CNCCc3ccccc3)c2c1=O. The third kappa shape index (κ3) is 6.25. The van der Waals surface area contributed by atoms with Gasteiger partial charge < -0.3 is 24.1 Å². The third-order valence-corrected chi connectivity index (χ3v) is 8.44. The molecule has 0 bridgehead atoms. The molecule has 42 heavy (non-hydrogen) atoms. The molecule has 0 fully saturated rings. The van der Waals surface area contributed by atoms with Gasteiger partial charge >= 0.3 is 5.97 Å². The number of ether oxygens (including phenoxy) is 3. The van der Waals surface area contributed by atoms with E-state index < -0.39 is 5.97 Å². The summed E-state index contributed by atoms with van der Waals surface area (Å²) < 4.78 is 18.3. The van der Waals surface area contributed by atoms with Gasteiger partial charge in [-0.1, -0.05) is 48.5 Å².